The van der Waals surface area contributed by atoms with Crippen LogP contribution in [0.25, 0.3) is 0 Å². The van der Waals surface area contributed by atoms with Crippen molar-refractivity contribution in [3.05, 3.63) is 72.8 Å². The second-order valence-corrected chi connectivity index (χ2v) is 9.18. The molecule has 1 saturated heterocycles. The number of hydrogen-bond donors (Lipinski definition) is 0. The Balaban J connectivity index is 1.09. The van der Waals surface area contributed by atoms with Crippen LogP contribution in [0, 0.1) is 0 Å². The summed E-state index contributed by atoms with van der Waals surface area (Å²) in [6.45, 7) is 14.6. The monoisotopic (exact) mass is 462 g/mol. The van der Waals surface area contributed by atoms with Crippen molar-refractivity contribution in [3.8, 4) is 23.0 Å². The first-order valence-electron chi connectivity index (χ1n) is 12.2. The maximum Gasteiger partial charge on any atom is 0.164 e. The summed E-state index contributed by atoms with van der Waals surface area (Å²) in [4.78, 5) is 4.94. The molecule has 5 rings (SSSR count). The average Bonchev–Trinajstić information content (AvgIpc) is 2.86. The molecule has 0 aromatic heterocycles. The van der Waals surface area contributed by atoms with E-state index in [9.17, 15) is 0 Å². The molecule has 0 bridgehead atoms. The topological polar surface area (TPSA) is 43.4 Å². The maximum atomic E-state index is 6.27. The average molecular weight is 463 g/mol. The van der Waals surface area contributed by atoms with E-state index in [0.29, 0.717) is 13.2 Å². The van der Waals surface area contributed by atoms with Crippen molar-refractivity contribution in [1.29, 1.82) is 0 Å². The minimum absolute atomic E-state index is 0.0503. The van der Waals surface area contributed by atoms with E-state index in [1.165, 1.54) is 0 Å². The minimum atomic E-state index is 0.0503. The molecule has 1 fully saturated rings. The summed E-state index contributed by atoms with van der Waals surface area (Å²) < 4.78 is 24.7. The molecule has 3 aliphatic heterocycles. The molecular weight excluding hydrogens is 428 g/mol. The van der Waals surface area contributed by atoms with Crippen LogP contribution in [-0.4, -0.2) is 74.5 Å². The summed E-state index contributed by atoms with van der Waals surface area (Å²) >= 11 is 0. The second-order valence-electron chi connectivity index (χ2n) is 9.18. The van der Waals surface area contributed by atoms with Crippen molar-refractivity contribution in [1.82, 2.24) is 9.80 Å². The fraction of sp³-hybridized carbons (Fsp3) is 0.429. The van der Waals surface area contributed by atoms with E-state index in [2.05, 4.69) is 35.1 Å². The number of piperazine rings is 1. The lowest BCUT2D eigenvalue weighted by molar-refractivity contribution is 0.0197. The number of para-hydroxylation sites is 2. The first-order valence-corrected chi connectivity index (χ1v) is 12.2. The van der Waals surface area contributed by atoms with Gasteiger partial charge < -0.3 is 18.9 Å². The van der Waals surface area contributed by atoms with Gasteiger partial charge in [-0.1, -0.05) is 36.4 Å². The Morgan fingerprint density at radius 1 is 0.706 bits per heavy atom. The van der Waals surface area contributed by atoms with Crippen molar-refractivity contribution in [2.45, 2.75) is 25.0 Å². The van der Waals surface area contributed by atoms with E-state index in [1.807, 2.05) is 36.4 Å². The highest BCUT2D eigenvalue weighted by Gasteiger charge is 2.29. The van der Waals surface area contributed by atoms with Gasteiger partial charge >= 0.3 is 0 Å². The lowest BCUT2D eigenvalue weighted by Crippen LogP contribution is -2.53. The predicted molar refractivity (Wildman–Crippen MR) is 133 cm³/mol. The molecule has 180 valence electrons. The Hall–Kier alpha value is -2.96. The molecule has 2 aromatic rings. The molecule has 3 aliphatic rings. The van der Waals surface area contributed by atoms with Crippen molar-refractivity contribution in [3.63, 3.8) is 0 Å². The Bertz CT molecular complexity index is 934. The van der Waals surface area contributed by atoms with Gasteiger partial charge in [0.15, 0.2) is 23.0 Å². The standard InChI is InChI=1S/C28H34N2O4/c1-3-7-21-9-5-11-25-27(21)31-19-23(33-25)17-29-13-15-30(16-14-29)18-24-20-32-28-22(8-4-2)10-6-12-26(28)34-24/h3-6,9-12,23-24H,1-2,7-8,13-20H2. The van der Waals surface area contributed by atoms with Gasteiger partial charge in [0, 0.05) is 50.4 Å². The minimum Gasteiger partial charge on any atom is -0.485 e. The molecule has 0 amide bonds. The fourth-order valence-electron chi connectivity index (χ4n) is 4.96. The Morgan fingerprint density at radius 2 is 1.15 bits per heavy atom. The highest BCUT2D eigenvalue weighted by atomic mass is 16.6. The van der Waals surface area contributed by atoms with Crippen LogP contribution in [0.1, 0.15) is 11.1 Å². The zero-order valence-corrected chi connectivity index (χ0v) is 19.8. The first-order chi connectivity index (χ1) is 16.7. The number of allylic oxidation sites excluding steroid dienone is 2. The lowest BCUT2D eigenvalue weighted by atomic mass is 10.1. The van der Waals surface area contributed by atoms with E-state index in [4.69, 9.17) is 18.9 Å². The van der Waals surface area contributed by atoms with Gasteiger partial charge in [-0.3, -0.25) is 9.80 Å². The van der Waals surface area contributed by atoms with E-state index in [0.717, 1.165) is 86.2 Å². The van der Waals surface area contributed by atoms with Gasteiger partial charge in [0.1, 0.15) is 25.4 Å². The molecule has 6 nitrogen and oxygen atoms in total. The summed E-state index contributed by atoms with van der Waals surface area (Å²) in [5, 5.41) is 0. The molecular formula is C28H34N2O4. The molecule has 2 atom stereocenters. The van der Waals surface area contributed by atoms with E-state index < -0.39 is 0 Å². The third-order valence-corrected chi connectivity index (χ3v) is 6.65. The number of fused-ring (bicyclic) bond motifs is 2. The van der Waals surface area contributed by atoms with Gasteiger partial charge in [-0.25, -0.2) is 0 Å². The van der Waals surface area contributed by atoms with E-state index >= 15 is 0 Å². The quantitative estimate of drug-likeness (QED) is 0.557. The SMILES string of the molecule is C=CCc1cccc2c1OCC(CN1CCN(CC3COc4c(CC=C)cccc4O3)CC1)O2. The first kappa shape index (κ1) is 22.8. The summed E-state index contributed by atoms with van der Waals surface area (Å²) in [5.41, 5.74) is 2.26. The van der Waals surface area contributed by atoms with Gasteiger partial charge in [0.25, 0.3) is 0 Å². The predicted octanol–water partition coefficient (Wildman–Crippen LogP) is 3.74. The molecule has 0 aliphatic carbocycles. The zero-order valence-electron chi connectivity index (χ0n) is 19.8. The molecule has 3 heterocycles. The van der Waals surface area contributed by atoms with Crippen LogP contribution in [0.15, 0.2) is 61.7 Å². The van der Waals surface area contributed by atoms with Gasteiger partial charge in [-0.15, -0.1) is 13.2 Å². The van der Waals surface area contributed by atoms with Crippen LogP contribution in [-0.2, 0) is 12.8 Å². The molecule has 0 N–H and O–H groups in total. The van der Waals surface area contributed by atoms with E-state index in [1.54, 1.807) is 0 Å². The summed E-state index contributed by atoms with van der Waals surface area (Å²) in [6, 6.07) is 12.2. The molecule has 6 heteroatoms. The van der Waals surface area contributed by atoms with Crippen LogP contribution in [0.4, 0.5) is 0 Å². The van der Waals surface area contributed by atoms with Crippen LogP contribution in [0.5, 0.6) is 23.0 Å². The summed E-state index contributed by atoms with van der Waals surface area (Å²) in [7, 11) is 0. The van der Waals surface area contributed by atoms with E-state index in [-0.39, 0.29) is 12.2 Å². The highest BCUT2D eigenvalue weighted by molar-refractivity contribution is 5.49. The van der Waals surface area contributed by atoms with Crippen molar-refractivity contribution < 1.29 is 18.9 Å². The van der Waals surface area contributed by atoms with Crippen molar-refractivity contribution in [2.24, 2.45) is 0 Å². The number of benzene rings is 2. The van der Waals surface area contributed by atoms with Gasteiger partial charge in [0.05, 0.1) is 0 Å². The molecule has 2 aromatic carbocycles. The zero-order chi connectivity index (χ0) is 23.3. The largest absolute Gasteiger partial charge is 0.485 e. The smallest absolute Gasteiger partial charge is 0.164 e. The molecule has 0 saturated carbocycles. The van der Waals surface area contributed by atoms with Crippen LogP contribution >= 0.6 is 0 Å². The number of ether oxygens (including phenoxy) is 4. The Morgan fingerprint density at radius 3 is 1.56 bits per heavy atom. The Kier molecular flexibility index (Phi) is 7.07. The Labute approximate surface area is 202 Å². The molecule has 0 spiro atoms. The summed E-state index contributed by atoms with van der Waals surface area (Å²) in [5.74, 6) is 3.44. The normalized spacial score (nSPS) is 22.2. The number of rotatable bonds is 8. The lowest BCUT2D eigenvalue weighted by Gasteiger charge is -2.39. The highest BCUT2D eigenvalue weighted by Crippen LogP contribution is 2.37. The third kappa shape index (κ3) is 5.08. The second kappa shape index (κ2) is 10.5. The van der Waals surface area contributed by atoms with Crippen LogP contribution in [0.3, 0.4) is 0 Å². The molecule has 0 radical (unpaired) electrons. The molecule has 34 heavy (non-hydrogen) atoms. The van der Waals surface area contributed by atoms with Crippen LogP contribution in [0.2, 0.25) is 0 Å². The molecule has 2 unspecified atom stereocenters. The van der Waals surface area contributed by atoms with Crippen molar-refractivity contribution >= 4 is 0 Å². The van der Waals surface area contributed by atoms with Gasteiger partial charge in [-0.2, -0.15) is 0 Å². The number of nitrogens with zero attached hydrogens (tertiary/aromatic N) is 2. The van der Waals surface area contributed by atoms with Gasteiger partial charge in [-0.05, 0) is 25.0 Å². The summed E-state index contributed by atoms with van der Waals surface area (Å²) in [6.07, 6.45) is 5.47. The third-order valence-electron chi connectivity index (χ3n) is 6.65. The maximum absolute atomic E-state index is 6.27. The van der Waals surface area contributed by atoms with Crippen LogP contribution < -0.4 is 18.9 Å². The fourth-order valence-corrected chi connectivity index (χ4v) is 4.96. The number of hydrogen-bond acceptors (Lipinski definition) is 6. The van der Waals surface area contributed by atoms with Gasteiger partial charge in [0.2, 0.25) is 0 Å². The van der Waals surface area contributed by atoms with Crippen molar-refractivity contribution in [2.75, 3.05) is 52.5 Å².